The average Bonchev–Trinajstić information content (AvgIpc) is 2.98. The molecule has 6 nitrogen and oxygen atoms in total. The number of amides is 1. The lowest BCUT2D eigenvalue weighted by Crippen LogP contribution is -2.31. The topological polar surface area (TPSA) is 91.8 Å². The molecular weight excluding hydrogens is 306 g/mol. The molecule has 1 aliphatic heterocycles. The zero-order valence-corrected chi connectivity index (χ0v) is 13.2. The fourth-order valence-corrected chi connectivity index (χ4v) is 3.34. The van der Waals surface area contributed by atoms with Gasteiger partial charge in [0, 0.05) is 13.1 Å². The first-order valence-electron chi connectivity index (χ1n) is 7.15. The van der Waals surface area contributed by atoms with E-state index >= 15 is 0 Å². The van der Waals surface area contributed by atoms with Crippen LogP contribution in [0.15, 0.2) is 29.2 Å². The van der Waals surface area contributed by atoms with Gasteiger partial charge in [-0.05, 0) is 24.1 Å². The normalized spacial score (nSPS) is 18.4. The third-order valence-corrected chi connectivity index (χ3v) is 5.66. The maximum Gasteiger partial charge on any atom is 0.308 e. The maximum absolute atomic E-state index is 12.1. The Morgan fingerprint density at radius 2 is 1.91 bits per heavy atom. The van der Waals surface area contributed by atoms with Crippen LogP contribution in [0.1, 0.15) is 18.9 Å². The van der Waals surface area contributed by atoms with Crippen molar-refractivity contribution in [3.05, 3.63) is 29.8 Å². The van der Waals surface area contributed by atoms with Gasteiger partial charge in [0.2, 0.25) is 5.91 Å². The number of carboxylic acids is 1. The highest BCUT2D eigenvalue weighted by Gasteiger charge is 2.30. The lowest BCUT2D eigenvalue weighted by Gasteiger charge is -2.15. The van der Waals surface area contributed by atoms with Crippen LogP contribution in [0.5, 0.6) is 0 Å². The Hall–Kier alpha value is -1.89. The smallest absolute Gasteiger partial charge is 0.308 e. The number of aliphatic carboxylic acids is 1. The van der Waals surface area contributed by atoms with Crippen LogP contribution in [-0.4, -0.2) is 49.1 Å². The molecule has 1 atom stereocenters. The predicted molar refractivity (Wildman–Crippen MR) is 80.2 cm³/mol. The number of carboxylic acid groups (broad SMARTS) is 1. The van der Waals surface area contributed by atoms with E-state index in [0.717, 1.165) is 5.56 Å². The average molecular weight is 325 g/mol. The van der Waals surface area contributed by atoms with E-state index in [9.17, 15) is 18.0 Å². The summed E-state index contributed by atoms with van der Waals surface area (Å²) in [5, 5.41) is 8.94. The molecule has 1 aliphatic rings. The van der Waals surface area contributed by atoms with Gasteiger partial charge in [-0.1, -0.05) is 19.1 Å². The fraction of sp³-hybridized carbons (Fsp3) is 0.467. The number of carbonyl (C=O) groups excluding carboxylic acids is 1. The molecule has 0 radical (unpaired) electrons. The largest absolute Gasteiger partial charge is 0.481 e. The van der Waals surface area contributed by atoms with Crippen LogP contribution in [0.4, 0.5) is 0 Å². The number of benzene rings is 1. The Morgan fingerprint density at radius 1 is 1.27 bits per heavy atom. The molecule has 1 aromatic carbocycles. The van der Waals surface area contributed by atoms with Crippen molar-refractivity contribution in [1.29, 1.82) is 0 Å². The third kappa shape index (κ3) is 3.65. The summed E-state index contributed by atoms with van der Waals surface area (Å²) in [7, 11) is -3.24. The first-order valence-corrected chi connectivity index (χ1v) is 8.81. The summed E-state index contributed by atoms with van der Waals surface area (Å²) in [4.78, 5) is 24.8. The van der Waals surface area contributed by atoms with Crippen molar-refractivity contribution < 1.29 is 23.1 Å². The minimum Gasteiger partial charge on any atom is -0.481 e. The highest BCUT2D eigenvalue weighted by Crippen LogP contribution is 2.18. The van der Waals surface area contributed by atoms with Crippen LogP contribution in [0, 0.1) is 5.92 Å². The summed E-state index contributed by atoms with van der Waals surface area (Å²) < 4.78 is 23.4. The van der Waals surface area contributed by atoms with Crippen LogP contribution < -0.4 is 0 Å². The second kappa shape index (κ2) is 6.48. The molecule has 0 aromatic heterocycles. The Labute approximate surface area is 129 Å². The Kier molecular flexibility index (Phi) is 4.85. The van der Waals surface area contributed by atoms with Gasteiger partial charge in [-0.3, -0.25) is 9.59 Å². The zero-order chi connectivity index (χ0) is 16.3. The number of rotatable bonds is 5. The number of carbonyl (C=O) groups is 2. The quantitative estimate of drug-likeness (QED) is 0.870. The van der Waals surface area contributed by atoms with E-state index in [2.05, 4.69) is 0 Å². The highest BCUT2D eigenvalue weighted by atomic mass is 32.2. The van der Waals surface area contributed by atoms with E-state index in [-0.39, 0.29) is 29.5 Å². The van der Waals surface area contributed by atoms with Gasteiger partial charge in [0.1, 0.15) is 0 Å². The first kappa shape index (κ1) is 16.5. The van der Waals surface area contributed by atoms with Gasteiger partial charge in [0.05, 0.1) is 23.0 Å². The van der Waals surface area contributed by atoms with Crippen molar-refractivity contribution in [2.45, 2.75) is 24.7 Å². The second-order valence-electron chi connectivity index (χ2n) is 5.39. The minimum atomic E-state index is -3.24. The van der Waals surface area contributed by atoms with Gasteiger partial charge >= 0.3 is 5.97 Å². The number of sulfone groups is 1. The summed E-state index contributed by atoms with van der Waals surface area (Å²) in [6, 6.07) is 6.27. The molecule has 0 saturated carbocycles. The van der Waals surface area contributed by atoms with E-state index in [1.807, 2.05) is 0 Å². The monoisotopic (exact) mass is 325 g/mol. The summed E-state index contributed by atoms with van der Waals surface area (Å²) >= 11 is 0. The molecule has 7 heteroatoms. The molecule has 1 saturated heterocycles. The van der Waals surface area contributed by atoms with Gasteiger partial charge in [-0.15, -0.1) is 0 Å². The Morgan fingerprint density at radius 3 is 2.41 bits per heavy atom. The van der Waals surface area contributed by atoms with Gasteiger partial charge in [-0.25, -0.2) is 8.42 Å². The van der Waals surface area contributed by atoms with Gasteiger partial charge in [0.15, 0.2) is 9.84 Å². The van der Waals surface area contributed by atoms with Crippen LogP contribution in [0.25, 0.3) is 0 Å². The van der Waals surface area contributed by atoms with E-state index in [1.165, 1.54) is 12.1 Å². The Bertz CT molecular complexity index is 666. The molecule has 0 spiro atoms. The molecule has 1 fully saturated rings. The van der Waals surface area contributed by atoms with E-state index in [1.54, 1.807) is 24.0 Å². The van der Waals surface area contributed by atoms with Gasteiger partial charge < -0.3 is 10.0 Å². The van der Waals surface area contributed by atoms with Gasteiger partial charge in [0.25, 0.3) is 0 Å². The molecule has 1 amide bonds. The molecule has 1 aromatic rings. The number of hydrogen-bond acceptors (Lipinski definition) is 4. The molecule has 1 unspecified atom stereocenters. The van der Waals surface area contributed by atoms with Crippen molar-refractivity contribution in [2.75, 3.05) is 18.8 Å². The highest BCUT2D eigenvalue weighted by molar-refractivity contribution is 7.91. The summed E-state index contributed by atoms with van der Waals surface area (Å²) in [5.74, 6) is -1.45. The molecular formula is C15H19NO5S. The van der Waals surface area contributed by atoms with Crippen LogP contribution in [0.3, 0.4) is 0 Å². The van der Waals surface area contributed by atoms with E-state index in [4.69, 9.17) is 5.11 Å². The SMILES string of the molecule is CCS(=O)(=O)c1ccc(CC(=O)N2CCC(C(=O)O)C2)cc1. The molecule has 0 aliphatic carbocycles. The third-order valence-electron chi connectivity index (χ3n) is 3.91. The molecule has 22 heavy (non-hydrogen) atoms. The minimum absolute atomic E-state index is 0.0373. The molecule has 2 rings (SSSR count). The maximum atomic E-state index is 12.1. The van der Waals surface area contributed by atoms with E-state index in [0.29, 0.717) is 13.0 Å². The van der Waals surface area contributed by atoms with Gasteiger partial charge in [-0.2, -0.15) is 0 Å². The fourth-order valence-electron chi connectivity index (χ4n) is 2.46. The summed E-state index contributed by atoms with van der Waals surface area (Å²) in [5.41, 5.74) is 0.721. The summed E-state index contributed by atoms with van der Waals surface area (Å²) in [6.45, 7) is 2.29. The molecule has 1 heterocycles. The zero-order valence-electron chi connectivity index (χ0n) is 12.4. The van der Waals surface area contributed by atoms with Crippen LogP contribution >= 0.6 is 0 Å². The standard InChI is InChI=1S/C15H19NO5S/c1-2-22(20,21)13-5-3-11(4-6-13)9-14(17)16-8-7-12(10-16)15(18)19/h3-6,12H,2,7-10H2,1H3,(H,18,19). The van der Waals surface area contributed by atoms with Crippen molar-refractivity contribution in [1.82, 2.24) is 4.90 Å². The second-order valence-corrected chi connectivity index (χ2v) is 7.67. The number of likely N-dealkylation sites (tertiary alicyclic amines) is 1. The lowest BCUT2D eigenvalue weighted by atomic mass is 10.1. The number of hydrogen-bond donors (Lipinski definition) is 1. The van der Waals surface area contributed by atoms with Crippen molar-refractivity contribution in [3.8, 4) is 0 Å². The number of nitrogens with zero attached hydrogens (tertiary/aromatic N) is 1. The Balaban J connectivity index is 2.00. The molecule has 1 N–H and O–H groups in total. The first-order chi connectivity index (χ1) is 10.3. The van der Waals surface area contributed by atoms with Crippen molar-refractivity contribution >= 4 is 21.7 Å². The van der Waals surface area contributed by atoms with Crippen molar-refractivity contribution in [2.24, 2.45) is 5.92 Å². The molecule has 0 bridgehead atoms. The molecule has 120 valence electrons. The van der Waals surface area contributed by atoms with Crippen molar-refractivity contribution in [3.63, 3.8) is 0 Å². The predicted octanol–water partition coefficient (Wildman–Crippen LogP) is 0.956. The van der Waals surface area contributed by atoms with Crippen LogP contribution in [-0.2, 0) is 25.8 Å². The lowest BCUT2D eigenvalue weighted by molar-refractivity contribution is -0.141. The van der Waals surface area contributed by atoms with E-state index < -0.39 is 21.7 Å². The van der Waals surface area contributed by atoms with Crippen LogP contribution in [0.2, 0.25) is 0 Å². The summed E-state index contributed by atoms with van der Waals surface area (Å²) in [6.07, 6.45) is 0.632.